The van der Waals surface area contributed by atoms with Gasteiger partial charge in [0, 0.05) is 22.0 Å². The van der Waals surface area contributed by atoms with E-state index < -0.39 is 33.0 Å². The quantitative estimate of drug-likeness (QED) is 0.468. The van der Waals surface area contributed by atoms with Gasteiger partial charge in [-0.25, -0.2) is 12.8 Å². The summed E-state index contributed by atoms with van der Waals surface area (Å²) in [5.41, 5.74) is -0.946. The molecule has 0 aliphatic heterocycles. The van der Waals surface area contributed by atoms with Gasteiger partial charge in [-0.15, -0.1) is 0 Å². The Balaban J connectivity index is 1.81. The van der Waals surface area contributed by atoms with Gasteiger partial charge in [-0.2, -0.15) is 4.72 Å². The number of benzene rings is 3. The lowest BCUT2D eigenvalue weighted by Gasteiger charge is -2.25. The summed E-state index contributed by atoms with van der Waals surface area (Å²) in [7, 11) is -3.99. The number of carbonyl (C=O) groups is 1. The predicted molar refractivity (Wildman–Crippen MR) is 125 cm³/mol. The zero-order valence-corrected chi connectivity index (χ0v) is 18.7. The van der Waals surface area contributed by atoms with Gasteiger partial charge >= 0.3 is 0 Å². The molecule has 168 valence electrons. The van der Waals surface area contributed by atoms with E-state index in [-0.39, 0.29) is 5.56 Å². The molecule has 8 heteroatoms. The monoisotopic (exact) mass is 456 g/mol. The van der Waals surface area contributed by atoms with Crippen molar-refractivity contribution in [3.8, 4) is 5.75 Å². The van der Waals surface area contributed by atoms with Crippen LogP contribution in [0.2, 0.25) is 0 Å². The van der Waals surface area contributed by atoms with Crippen LogP contribution in [-0.4, -0.2) is 26.5 Å². The summed E-state index contributed by atoms with van der Waals surface area (Å²) >= 11 is 0. The van der Waals surface area contributed by atoms with E-state index in [0.717, 1.165) is 10.8 Å². The minimum absolute atomic E-state index is 0.0253. The lowest BCUT2D eigenvalue weighted by molar-refractivity contribution is -0.120. The Labute approximate surface area is 187 Å². The molecule has 3 aromatic carbocycles. The van der Waals surface area contributed by atoms with Crippen molar-refractivity contribution >= 4 is 32.4 Å². The largest absolute Gasteiger partial charge is 0.489 e. The van der Waals surface area contributed by atoms with Gasteiger partial charge in [-0.3, -0.25) is 4.79 Å². The van der Waals surface area contributed by atoms with Crippen LogP contribution in [0.4, 0.5) is 10.1 Å². The topological polar surface area (TPSA) is 84.5 Å². The number of carbonyl (C=O) groups excluding carboxylic acids is 1. The first-order valence-electron chi connectivity index (χ1n) is 9.95. The molecule has 3 rings (SSSR count). The zero-order chi connectivity index (χ0) is 23.4. The van der Waals surface area contributed by atoms with Gasteiger partial charge in [0.1, 0.15) is 23.7 Å². The van der Waals surface area contributed by atoms with E-state index in [4.69, 9.17) is 4.74 Å². The average Bonchev–Trinajstić information content (AvgIpc) is 2.74. The van der Waals surface area contributed by atoms with Crippen LogP contribution in [0, 0.1) is 5.82 Å². The molecule has 0 atom stereocenters. The number of amides is 1. The third-order valence-electron chi connectivity index (χ3n) is 4.77. The fourth-order valence-electron chi connectivity index (χ4n) is 3.22. The highest BCUT2D eigenvalue weighted by Gasteiger charge is 2.33. The molecule has 0 unspecified atom stereocenters. The van der Waals surface area contributed by atoms with Gasteiger partial charge in [-0.1, -0.05) is 55.1 Å². The third-order valence-corrected chi connectivity index (χ3v) is 6.28. The maximum Gasteiger partial charge on any atom is 0.245 e. The Morgan fingerprint density at radius 2 is 1.72 bits per heavy atom. The molecule has 0 bridgehead atoms. The van der Waals surface area contributed by atoms with Crippen molar-refractivity contribution in [3.63, 3.8) is 0 Å². The second kappa shape index (κ2) is 9.50. The minimum Gasteiger partial charge on any atom is -0.489 e. The van der Waals surface area contributed by atoms with E-state index in [9.17, 15) is 17.6 Å². The molecule has 32 heavy (non-hydrogen) atoms. The Morgan fingerprint density at radius 1 is 1.06 bits per heavy atom. The molecule has 0 aliphatic rings. The first-order chi connectivity index (χ1) is 15.1. The highest BCUT2D eigenvalue weighted by Crippen LogP contribution is 2.32. The highest BCUT2D eigenvalue weighted by atomic mass is 32.2. The molecule has 0 fully saturated rings. The molecular weight excluding hydrogens is 431 g/mol. The number of hydrogen-bond donors (Lipinski definition) is 2. The van der Waals surface area contributed by atoms with Crippen LogP contribution >= 0.6 is 0 Å². The fraction of sp³-hybridized carbons (Fsp3) is 0.208. The Hall–Kier alpha value is -3.23. The van der Waals surface area contributed by atoms with Crippen LogP contribution in [0.1, 0.15) is 19.4 Å². The molecule has 0 saturated heterocycles. The lowest BCUT2D eigenvalue weighted by Crippen LogP contribution is -2.52. The average molecular weight is 457 g/mol. The zero-order valence-electron chi connectivity index (χ0n) is 17.9. The van der Waals surface area contributed by atoms with Crippen molar-refractivity contribution in [1.29, 1.82) is 0 Å². The van der Waals surface area contributed by atoms with Gasteiger partial charge in [0.15, 0.2) is 0 Å². The molecule has 3 aromatic rings. The van der Waals surface area contributed by atoms with Crippen LogP contribution in [0.15, 0.2) is 73.3 Å². The molecular formula is C24H25FN2O4S. The summed E-state index contributed by atoms with van der Waals surface area (Å²) in [6.45, 7) is 6.88. The van der Waals surface area contributed by atoms with Gasteiger partial charge in [0.25, 0.3) is 0 Å². The number of rotatable bonds is 9. The van der Waals surface area contributed by atoms with Gasteiger partial charge in [0.05, 0.1) is 5.75 Å². The molecule has 0 radical (unpaired) electrons. The maximum absolute atomic E-state index is 13.9. The van der Waals surface area contributed by atoms with Crippen LogP contribution in [-0.2, 0) is 20.6 Å². The minimum atomic E-state index is -3.99. The van der Waals surface area contributed by atoms with Gasteiger partial charge < -0.3 is 10.1 Å². The molecule has 0 aliphatic carbocycles. The van der Waals surface area contributed by atoms with Crippen molar-refractivity contribution in [1.82, 2.24) is 4.72 Å². The Bertz CT molecular complexity index is 1260. The van der Waals surface area contributed by atoms with Crippen molar-refractivity contribution in [2.45, 2.75) is 25.1 Å². The first-order valence-corrected chi connectivity index (χ1v) is 11.6. The molecule has 0 aromatic heterocycles. The van der Waals surface area contributed by atoms with E-state index in [2.05, 4.69) is 16.6 Å². The van der Waals surface area contributed by atoms with E-state index in [1.807, 2.05) is 24.3 Å². The normalized spacial score (nSPS) is 11.8. The number of sulfonamides is 1. The van der Waals surface area contributed by atoms with E-state index in [1.165, 1.54) is 32.0 Å². The van der Waals surface area contributed by atoms with E-state index >= 15 is 0 Å². The number of fused-ring (bicyclic) bond motifs is 1. The summed E-state index contributed by atoms with van der Waals surface area (Å²) in [6, 6.07) is 16.4. The molecule has 1 amide bonds. The Kier molecular flexibility index (Phi) is 6.96. The SMILES string of the molecule is C=CCOc1ccc(NC(=O)C(C)(C)NS(=O)(=O)Cc2ccccc2F)c2ccccc12. The fourth-order valence-corrected chi connectivity index (χ4v) is 4.81. The predicted octanol–water partition coefficient (Wildman–Crippen LogP) is 4.38. The smallest absolute Gasteiger partial charge is 0.245 e. The van der Waals surface area contributed by atoms with Crippen LogP contribution < -0.4 is 14.8 Å². The summed E-state index contributed by atoms with van der Waals surface area (Å²) in [4.78, 5) is 13.0. The second-order valence-electron chi connectivity index (χ2n) is 7.79. The van der Waals surface area contributed by atoms with Crippen LogP contribution in [0.5, 0.6) is 5.75 Å². The maximum atomic E-state index is 13.9. The summed E-state index contributed by atoms with van der Waals surface area (Å²) in [6.07, 6.45) is 1.64. The van der Waals surface area contributed by atoms with Crippen molar-refractivity contribution in [2.24, 2.45) is 0 Å². The second-order valence-corrected chi connectivity index (χ2v) is 9.51. The molecule has 0 spiro atoms. The van der Waals surface area contributed by atoms with E-state index in [1.54, 1.807) is 24.3 Å². The van der Waals surface area contributed by atoms with Crippen LogP contribution in [0.3, 0.4) is 0 Å². The number of anilines is 1. The highest BCUT2D eigenvalue weighted by molar-refractivity contribution is 7.88. The van der Waals surface area contributed by atoms with E-state index in [0.29, 0.717) is 18.0 Å². The van der Waals surface area contributed by atoms with Gasteiger partial charge in [0.2, 0.25) is 15.9 Å². The standard InChI is InChI=1S/C24H25FN2O4S/c1-4-15-31-22-14-13-21(18-10-6-7-11-19(18)22)26-23(28)24(2,3)27-32(29,30)16-17-9-5-8-12-20(17)25/h4-14,27H,1,15-16H2,2-3H3,(H,26,28). The van der Waals surface area contributed by atoms with Crippen LogP contribution in [0.25, 0.3) is 10.8 Å². The molecule has 2 N–H and O–H groups in total. The van der Waals surface area contributed by atoms with Gasteiger partial charge in [-0.05, 0) is 32.0 Å². The van der Waals surface area contributed by atoms with Crippen molar-refractivity contribution < 1.29 is 22.3 Å². The lowest BCUT2D eigenvalue weighted by atomic mass is 10.0. The summed E-state index contributed by atoms with van der Waals surface area (Å²) < 4.78 is 47.1. The number of ether oxygens (including phenoxy) is 1. The molecule has 0 saturated carbocycles. The molecule has 0 heterocycles. The third kappa shape index (κ3) is 5.52. The van der Waals surface area contributed by atoms with Crippen molar-refractivity contribution in [2.75, 3.05) is 11.9 Å². The number of halogens is 1. The summed E-state index contributed by atoms with van der Waals surface area (Å²) in [5.74, 6) is -1.11. The van der Waals surface area contributed by atoms with Crippen molar-refractivity contribution in [3.05, 3.63) is 84.7 Å². The number of hydrogen-bond acceptors (Lipinski definition) is 4. The summed E-state index contributed by atoms with van der Waals surface area (Å²) in [5, 5.41) is 4.33. The molecule has 6 nitrogen and oxygen atoms in total. The number of nitrogens with one attached hydrogen (secondary N) is 2. The first kappa shape index (κ1) is 23.4. The Morgan fingerprint density at radius 3 is 2.41 bits per heavy atom.